The van der Waals surface area contributed by atoms with Gasteiger partial charge in [-0.25, -0.2) is 9.97 Å². The smallest absolute Gasteiger partial charge is 0.222 e. The maximum absolute atomic E-state index is 6.10. The number of likely N-dealkylation sites (tertiary alicyclic amines) is 1. The van der Waals surface area contributed by atoms with Gasteiger partial charge in [-0.2, -0.15) is 0 Å². The third-order valence-electron chi connectivity index (χ3n) is 4.39. The normalized spacial score (nSPS) is 16.2. The lowest BCUT2D eigenvalue weighted by molar-refractivity contribution is 0.0967. The molecule has 134 valence electrons. The zero-order valence-electron chi connectivity index (χ0n) is 15.4. The maximum atomic E-state index is 6.10. The fourth-order valence-electron chi connectivity index (χ4n) is 3.02. The van der Waals surface area contributed by atoms with Crippen molar-refractivity contribution in [2.45, 2.75) is 52.3 Å². The second kappa shape index (κ2) is 8.30. The van der Waals surface area contributed by atoms with Crippen molar-refractivity contribution < 1.29 is 4.74 Å². The molecule has 1 aromatic heterocycles. The highest BCUT2D eigenvalue weighted by molar-refractivity contribution is 5.27. The first-order valence-corrected chi connectivity index (χ1v) is 9.11. The predicted molar refractivity (Wildman–Crippen MR) is 101 cm³/mol. The molecule has 5 nitrogen and oxygen atoms in total. The molecule has 1 aromatic carbocycles. The molecular formula is C20H28N4O. The maximum Gasteiger partial charge on any atom is 0.222 e. The van der Waals surface area contributed by atoms with Crippen LogP contribution >= 0.6 is 0 Å². The van der Waals surface area contributed by atoms with E-state index < -0.39 is 0 Å². The summed E-state index contributed by atoms with van der Waals surface area (Å²) in [6, 6.07) is 8.67. The van der Waals surface area contributed by atoms with Crippen LogP contribution in [0.1, 0.15) is 37.8 Å². The van der Waals surface area contributed by atoms with Gasteiger partial charge < -0.3 is 10.1 Å². The topological polar surface area (TPSA) is 50.3 Å². The number of hydrogen-bond donors (Lipinski definition) is 1. The van der Waals surface area contributed by atoms with Gasteiger partial charge in [-0.05, 0) is 45.7 Å². The molecule has 1 fully saturated rings. The summed E-state index contributed by atoms with van der Waals surface area (Å²) in [6.45, 7) is 9.25. The van der Waals surface area contributed by atoms with E-state index in [-0.39, 0.29) is 0 Å². The number of nitrogens with zero attached hydrogens (tertiary/aromatic N) is 3. The molecule has 3 rings (SSSR count). The molecule has 1 aliphatic rings. The molecule has 0 saturated carbocycles. The van der Waals surface area contributed by atoms with Crippen LogP contribution in [0.15, 0.2) is 36.7 Å². The van der Waals surface area contributed by atoms with Gasteiger partial charge in [0, 0.05) is 43.6 Å². The Morgan fingerprint density at radius 3 is 2.36 bits per heavy atom. The standard InChI is InChI=1S/C20H28N4O/c1-15(2)23-20-21-12-17(13-22-20)14-24-10-8-19(9-11-24)25-18-6-4-16(3)5-7-18/h4-7,12-13,15,19H,8-11,14H2,1-3H3,(H,21,22,23). The Kier molecular flexibility index (Phi) is 5.87. The van der Waals surface area contributed by atoms with Crippen LogP contribution in [-0.4, -0.2) is 40.1 Å². The van der Waals surface area contributed by atoms with E-state index in [1.165, 1.54) is 5.56 Å². The molecule has 0 unspecified atom stereocenters. The van der Waals surface area contributed by atoms with Crippen molar-refractivity contribution in [3.63, 3.8) is 0 Å². The molecule has 1 saturated heterocycles. The van der Waals surface area contributed by atoms with Crippen molar-refractivity contribution >= 4 is 5.95 Å². The van der Waals surface area contributed by atoms with Crippen LogP contribution in [0.2, 0.25) is 0 Å². The van der Waals surface area contributed by atoms with Crippen LogP contribution in [0, 0.1) is 6.92 Å². The quantitative estimate of drug-likeness (QED) is 0.870. The molecule has 5 heteroatoms. The Morgan fingerprint density at radius 1 is 1.12 bits per heavy atom. The van der Waals surface area contributed by atoms with E-state index in [1.54, 1.807) is 0 Å². The fraction of sp³-hybridized carbons (Fsp3) is 0.500. The number of ether oxygens (including phenoxy) is 1. The lowest BCUT2D eigenvalue weighted by Gasteiger charge is -2.32. The molecule has 2 aromatic rings. The Hall–Kier alpha value is -2.14. The summed E-state index contributed by atoms with van der Waals surface area (Å²) in [7, 11) is 0. The average molecular weight is 340 g/mol. The number of rotatable bonds is 6. The molecule has 25 heavy (non-hydrogen) atoms. The lowest BCUT2D eigenvalue weighted by Crippen LogP contribution is -2.37. The predicted octanol–water partition coefficient (Wildman–Crippen LogP) is 3.65. The van der Waals surface area contributed by atoms with Crippen LogP contribution in [0.5, 0.6) is 5.75 Å². The van der Waals surface area contributed by atoms with Gasteiger partial charge in [0.15, 0.2) is 0 Å². The van der Waals surface area contributed by atoms with E-state index in [0.717, 1.165) is 43.8 Å². The van der Waals surface area contributed by atoms with Crippen LogP contribution in [0.4, 0.5) is 5.95 Å². The lowest BCUT2D eigenvalue weighted by atomic mass is 10.1. The summed E-state index contributed by atoms with van der Waals surface area (Å²) < 4.78 is 6.10. The van der Waals surface area contributed by atoms with Gasteiger partial charge in [-0.15, -0.1) is 0 Å². The molecule has 0 bridgehead atoms. The molecule has 1 N–H and O–H groups in total. The molecule has 0 aliphatic carbocycles. The summed E-state index contributed by atoms with van der Waals surface area (Å²) in [5, 5.41) is 3.22. The van der Waals surface area contributed by atoms with Crippen LogP contribution < -0.4 is 10.1 Å². The van der Waals surface area contributed by atoms with Gasteiger partial charge in [0.2, 0.25) is 5.95 Å². The zero-order chi connectivity index (χ0) is 17.6. The van der Waals surface area contributed by atoms with Crippen molar-refractivity contribution in [3.05, 3.63) is 47.8 Å². The summed E-state index contributed by atoms with van der Waals surface area (Å²) >= 11 is 0. The van der Waals surface area contributed by atoms with Crippen molar-refractivity contribution in [2.75, 3.05) is 18.4 Å². The third-order valence-corrected chi connectivity index (χ3v) is 4.39. The first-order valence-electron chi connectivity index (χ1n) is 9.11. The van der Waals surface area contributed by atoms with Gasteiger partial charge in [0.25, 0.3) is 0 Å². The molecular weight excluding hydrogens is 312 g/mol. The Labute approximate surface area is 150 Å². The number of piperidine rings is 1. The molecule has 0 amide bonds. The second-order valence-electron chi connectivity index (χ2n) is 7.12. The average Bonchev–Trinajstić information content (AvgIpc) is 2.60. The molecule has 0 atom stereocenters. The van der Waals surface area contributed by atoms with Gasteiger partial charge in [0.05, 0.1) is 0 Å². The first-order chi connectivity index (χ1) is 12.1. The SMILES string of the molecule is Cc1ccc(OC2CCN(Cc3cnc(NC(C)C)nc3)CC2)cc1. The van der Waals surface area contributed by atoms with Gasteiger partial charge in [-0.1, -0.05) is 17.7 Å². The number of anilines is 1. The summed E-state index contributed by atoms with van der Waals surface area (Å²) in [6.07, 6.45) is 6.27. The zero-order valence-corrected chi connectivity index (χ0v) is 15.4. The van der Waals surface area contributed by atoms with E-state index in [0.29, 0.717) is 18.1 Å². The van der Waals surface area contributed by atoms with Crippen molar-refractivity contribution in [1.82, 2.24) is 14.9 Å². The van der Waals surface area contributed by atoms with Gasteiger partial charge in [0.1, 0.15) is 11.9 Å². The fourth-order valence-corrected chi connectivity index (χ4v) is 3.02. The number of benzene rings is 1. The molecule has 1 aliphatic heterocycles. The highest BCUT2D eigenvalue weighted by Crippen LogP contribution is 2.20. The minimum atomic E-state index is 0.313. The minimum Gasteiger partial charge on any atom is -0.490 e. The third kappa shape index (κ3) is 5.43. The van der Waals surface area contributed by atoms with Crippen molar-refractivity contribution in [3.8, 4) is 5.75 Å². The number of hydrogen-bond acceptors (Lipinski definition) is 5. The van der Waals surface area contributed by atoms with Crippen LogP contribution in [-0.2, 0) is 6.54 Å². The van der Waals surface area contributed by atoms with E-state index in [4.69, 9.17) is 4.74 Å². The highest BCUT2D eigenvalue weighted by atomic mass is 16.5. The summed E-state index contributed by atoms with van der Waals surface area (Å²) in [4.78, 5) is 11.2. The number of aryl methyl sites for hydroxylation is 1. The molecule has 2 heterocycles. The monoisotopic (exact) mass is 340 g/mol. The number of aromatic nitrogens is 2. The Morgan fingerprint density at radius 2 is 1.76 bits per heavy atom. The van der Waals surface area contributed by atoms with Crippen molar-refractivity contribution in [1.29, 1.82) is 0 Å². The van der Waals surface area contributed by atoms with E-state index in [2.05, 4.69) is 65.2 Å². The minimum absolute atomic E-state index is 0.313. The summed E-state index contributed by atoms with van der Waals surface area (Å²) in [5.74, 6) is 1.68. The largest absolute Gasteiger partial charge is 0.490 e. The second-order valence-corrected chi connectivity index (χ2v) is 7.12. The van der Waals surface area contributed by atoms with Crippen molar-refractivity contribution in [2.24, 2.45) is 0 Å². The Balaban J connectivity index is 1.45. The Bertz CT molecular complexity index is 646. The molecule has 0 radical (unpaired) electrons. The van der Waals surface area contributed by atoms with E-state index >= 15 is 0 Å². The van der Waals surface area contributed by atoms with Crippen LogP contribution in [0.25, 0.3) is 0 Å². The highest BCUT2D eigenvalue weighted by Gasteiger charge is 2.20. The van der Waals surface area contributed by atoms with E-state index in [1.807, 2.05) is 12.4 Å². The molecule has 0 spiro atoms. The van der Waals surface area contributed by atoms with Crippen LogP contribution in [0.3, 0.4) is 0 Å². The van der Waals surface area contributed by atoms with Gasteiger partial charge >= 0.3 is 0 Å². The number of nitrogens with one attached hydrogen (secondary N) is 1. The first kappa shape index (κ1) is 17.7. The van der Waals surface area contributed by atoms with E-state index in [9.17, 15) is 0 Å². The van der Waals surface area contributed by atoms with Gasteiger partial charge in [-0.3, -0.25) is 4.90 Å². The summed E-state index contributed by atoms with van der Waals surface area (Å²) in [5.41, 5.74) is 2.42.